The second-order valence-corrected chi connectivity index (χ2v) is 6.93. The van der Waals surface area contributed by atoms with Crippen molar-refractivity contribution in [2.24, 2.45) is 0 Å². The van der Waals surface area contributed by atoms with Crippen LogP contribution in [0.1, 0.15) is 31.9 Å². The van der Waals surface area contributed by atoms with Gasteiger partial charge in [-0.05, 0) is 44.2 Å². The molecule has 2 bridgehead atoms. The van der Waals surface area contributed by atoms with E-state index in [9.17, 15) is 4.39 Å². The molecule has 2 atom stereocenters. The van der Waals surface area contributed by atoms with Crippen molar-refractivity contribution >= 4 is 28.2 Å². The number of rotatable bonds is 0. The molecule has 0 amide bonds. The van der Waals surface area contributed by atoms with Gasteiger partial charge in [-0.25, -0.2) is 14.2 Å². The van der Waals surface area contributed by atoms with E-state index < -0.39 is 0 Å². The summed E-state index contributed by atoms with van der Waals surface area (Å²) in [4.78, 5) is 12.6. The van der Waals surface area contributed by atoms with Gasteiger partial charge in [-0.2, -0.15) is 0 Å². The Bertz CT molecular complexity index is 1080. The van der Waals surface area contributed by atoms with Gasteiger partial charge in [-0.1, -0.05) is 0 Å². The van der Waals surface area contributed by atoms with Crippen LogP contribution < -0.4 is 15.4 Å². The molecule has 28 heavy (non-hydrogen) atoms. The second kappa shape index (κ2) is 7.31. The monoisotopic (exact) mass is 377 g/mol. The molecule has 1 aliphatic heterocycles. The molecule has 4 rings (SSSR count). The van der Waals surface area contributed by atoms with Gasteiger partial charge in [-0.3, -0.25) is 4.98 Å². The Balaban J connectivity index is 1.85. The van der Waals surface area contributed by atoms with Crippen LogP contribution in [0.3, 0.4) is 0 Å². The number of anilines is 2. The molecular formula is C21H20FN5O. The number of benzene rings is 1. The summed E-state index contributed by atoms with van der Waals surface area (Å²) in [5.41, 5.74) is 3.18. The molecule has 142 valence electrons. The minimum atomic E-state index is -0.310. The van der Waals surface area contributed by atoms with Gasteiger partial charge in [-0.15, -0.1) is 0 Å². The molecule has 3 heterocycles. The number of hydrogen-bond acceptors (Lipinski definition) is 5. The highest BCUT2D eigenvalue weighted by Gasteiger charge is 2.18. The third kappa shape index (κ3) is 3.41. The Morgan fingerprint density at radius 1 is 1.21 bits per heavy atom. The van der Waals surface area contributed by atoms with Crippen molar-refractivity contribution in [1.29, 1.82) is 0 Å². The average Bonchev–Trinajstić information content (AvgIpc) is 2.69. The molecule has 1 aliphatic rings. The molecule has 0 aliphatic carbocycles. The van der Waals surface area contributed by atoms with Gasteiger partial charge in [0.2, 0.25) is 5.69 Å². The zero-order valence-electron chi connectivity index (χ0n) is 15.7. The maximum Gasteiger partial charge on any atom is 0.229 e. The third-order valence-electron chi connectivity index (χ3n) is 4.82. The summed E-state index contributed by atoms with van der Waals surface area (Å²) >= 11 is 0. The van der Waals surface area contributed by atoms with Crippen molar-refractivity contribution in [3.8, 4) is 5.75 Å². The first-order valence-corrected chi connectivity index (χ1v) is 9.17. The molecule has 0 fully saturated rings. The normalized spacial score (nSPS) is 19.1. The Morgan fingerprint density at radius 3 is 2.89 bits per heavy atom. The Morgan fingerprint density at radius 2 is 2.07 bits per heavy atom. The van der Waals surface area contributed by atoms with E-state index in [0.717, 1.165) is 5.56 Å². The lowest BCUT2D eigenvalue weighted by atomic mass is 10.1. The van der Waals surface area contributed by atoms with Crippen molar-refractivity contribution < 1.29 is 9.13 Å². The number of pyridine rings is 2. The molecule has 6 nitrogen and oxygen atoms in total. The van der Waals surface area contributed by atoms with Crippen molar-refractivity contribution in [3.05, 3.63) is 59.3 Å². The van der Waals surface area contributed by atoms with Crippen LogP contribution in [-0.4, -0.2) is 22.6 Å². The Kier molecular flexibility index (Phi) is 4.70. The van der Waals surface area contributed by atoms with Crippen LogP contribution in [0.25, 0.3) is 15.9 Å². The summed E-state index contributed by atoms with van der Waals surface area (Å²) in [5.74, 6) is 0.957. The maximum atomic E-state index is 13.9. The predicted molar refractivity (Wildman–Crippen MR) is 107 cm³/mol. The molecule has 0 spiro atoms. The van der Waals surface area contributed by atoms with Crippen LogP contribution in [0.5, 0.6) is 5.75 Å². The number of ether oxygens (including phenoxy) is 1. The summed E-state index contributed by atoms with van der Waals surface area (Å²) in [6.07, 6.45) is 2.27. The molecule has 0 unspecified atom stereocenters. The second-order valence-electron chi connectivity index (χ2n) is 6.93. The standard InChI is InChI=1S/C21H20FN5O/c1-12-8-9-28-18-6-4-14(22)10-15(18)13(2)26-19-7-5-16-20(27-19)21(25-12)17(23-3)11-24-16/h4-7,10-13,25H,8-9H2,1-2H3,(H,26,27)/t12-,13+/m0/s1. The molecular weight excluding hydrogens is 357 g/mol. The van der Waals surface area contributed by atoms with Crippen molar-refractivity contribution in [2.75, 3.05) is 17.2 Å². The minimum Gasteiger partial charge on any atom is -0.493 e. The maximum absolute atomic E-state index is 13.9. The summed E-state index contributed by atoms with van der Waals surface area (Å²) in [7, 11) is 0. The lowest BCUT2D eigenvalue weighted by molar-refractivity contribution is 0.300. The van der Waals surface area contributed by atoms with Gasteiger partial charge < -0.3 is 15.4 Å². The topological polar surface area (TPSA) is 63.4 Å². The minimum absolute atomic E-state index is 0.0478. The number of nitrogens with one attached hydrogen (secondary N) is 2. The Hall–Kier alpha value is -3.40. The van der Waals surface area contributed by atoms with Gasteiger partial charge in [0, 0.05) is 24.2 Å². The summed E-state index contributed by atoms with van der Waals surface area (Å²) in [6.45, 7) is 11.9. The van der Waals surface area contributed by atoms with E-state index in [2.05, 4.69) is 20.5 Å². The van der Waals surface area contributed by atoms with Gasteiger partial charge >= 0.3 is 0 Å². The van der Waals surface area contributed by atoms with Crippen LogP contribution in [0.2, 0.25) is 0 Å². The SMILES string of the molecule is [C-]#[N+]c1cnc2ccc3nc2c1N[C@@H](C)CCOc1ccc(F)cc1[C@@H](C)N3. The van der Waals surface area contributed by atoms with E-state index in [1.54, 1.807) is 12.3 Å². The fourth-order valence-corrected chi connectivity index (χ4v) is 3.32. The van der Waals surface area contributed by atoms with Crippen LogP contribution in [0.4, 0.5) is 21.6 Å². The van der Waals surface area contributed by atoms with E-state index in [1.807, 2.05) is 26.0 Å². The first kappa shape index (κ1) is 18.0. The van der Waals surface area contributed by atoms with Crippen molar-refractivity contribution in [2.45, 2.75) is 32.4 Å². The van der Waals surface area contributed by atoms with Crippen LogP contribution >= 0.6 is 0 Å². The lowest BCUT2D eigenvalue weighted by Crippen LogP contribution is -2.19. The third-order valence-corrected chi connectivity index (χ3v) is 4.82. The summed E-state index contributed by atoms with van der Waals surface area (Å²) in [5, 5.41) is 6.70. The summed E-state index contributed by atoms with van der Waals surface area (Å²) in [6, 6.07) is 8.07. The van der Waals surface area contributed by atoms with Crippen molar-refractivity contribution in [1.82, 2.24) is 9.97 Å². The lowest BCUT2D eigenvalue weighted by Gasteiger charge is -2.19. The highest BCUT2D eigenvalue weighted by atomic mass is 19.1. The molecule has 3 aromatic rings. The first-order valence-electron chi connectivity index (χ1n) is 9.17. The number of aromatic nitrogens is 2. The Labute approximate surface area is 162 Å². The highest BCUT2D eigenvalue weighted by molar-refractivity contribution is 5.95. The zero-order valence-corrected chi connectivity index (χ0v) is 15.7. The molecule has 2 N–H and O–H groups in total. The molecule has 0 saturated carbocycles. The molecule has 0 radical (unpaired) electrons. The fraction of sp³-hybridized carbons (Fsp3) is 0.286. The molecule has 0 saturated heterocycles. The molecule has 1 aromatic carbocycles. The number of hydrogen-bond donors (Lipinski definition) is 2. The van der Waals surface area contributed by atoms with E-state index in [-0.39, 0.29) is 17.9 Å². The fourth-order valence-electron chi connectivity index (χ4n) is 3.32. The van der Waals surface area contributed by atoms with E-state index in [4.69, 9.17) is 16.3 Å². The number of fused-ring (bicyclic) bond motifs is 2. The van der Waals surface area contributed by atoms with E-state index in [0.29, 0.717) is 47.0 Å². The highest BCUT2D eigenvalue weighted by Crippen LogP contribution is 2.34. The van der Waals surface area contributed by atoms with Gasteiger partial charge in [0.05, 0.1) is 30.4 Å². The first-order chi connectivity index (χ1) is 13.5. The number of nitrogens with zero attached hydrogens (tertiary/aromatic N) is 3. The van der Waals surface area contributed by atoms with E-state index in [1.165, 1.54) is 12.1 Å². The largest absolute Gasteiger partial charge is 0.493 e. The molecule has 7 heteroatoms. The van der Waals surface area contributed by atoms with Crippen molar-refractivity contribution in [3.63, 3.8) is 0 Å². The van der Waals surface area contributed by atoms with Crippen LogP contribution in [0, 0.1) is 12.4 Å². The van der Waals surface area contributed by atoms with Crippen LogP contribution in [0.15, 0.2) is 36.5 Å². The smallest absolute Gasteiger partial charge is 0.229 e. The van der Waals surface area contributed by atoms with Gasteiger partial charge in [0.15, 0.2) is 0 Å². The molecule has 2 aromatic heterocycles. The number of halogens is 1. The van der Waals surface area contributed by atoms with Gasteiger partial charge in [0.1, 0.15) is 22.9 Å². The van der Waals surface area contributed by atoms with Gasteiger partial charge in [0.25, 0.3) is 0 Å². The zero-order chi connectivity index (χ0) is 19.7. The van der Waals surface area contributed by atoms with E-state index >= 15 is 0 Å². The quantitative estimate of drug-likeness (QED) is 0.535. The van der Waals surface area contributed by atoms with Crippen LogP contribution in [-0.2, 0) is 0 Å². The predicted octanol–water partition coefficient (Wildman–Crippen LogP) is 5.08. The summed E-state index contributed by atoms with van der Waals surface area (Å²) < 4.78 is 19.8. The average molecular weight is 377 g/mol.